The summed E-state index contributed by atoms with van der Waals surface area (Å²) in [6.45, 7) is 0.804. The zero-order valence-corrected chi connectivity index (χ0v) is 8.71. The van der Waals surface area contributed by atoms with Crippen LogP contribution in [0.5, 0.6) is 0 Å². The van der Waals surface area contributed by atoms with Crippen molar-refractivity contribution in [1.82, 2.24) is 14.8 Å². The Morgan fingerprint density at radius 3 is 2.75 bits per heavy atom. The van der Waals surface area contributed by atoms with Gasteiger partial charge in [-0.1, -0.05) is 6.07 Å². The minimum absolute atomic E-state index is 0.148. The lowest BCUT2D eigenvalue weighted by Crippen LogP contribution is -2.25. The van der Waals surface area contributed by atoms with E-state index in [1.54, 1.807) is 12.3 Å². The number of nitrogens with two attached hydrogens (primary N) is 1. The SMILES string of the molecule is NCCn1nc(-c2ccccn2)ccc1=O. The Bertz CT molecular complexity index is 521. The summed E-state index contributed by atoms with van der Waals surface area (Å²) in [5.41, 5.74) is 6.67. The molecule has 5 heteroatoms. The van der Waals surface area contributed by atoms with Crippen LogP contribution in [0.1, 0.15) is 0 Å². The fourth-order valence-corrected chi connectivity index (χ4v) is 1.38. The highest BCUT2D eigenvalue weighted by molar-refractivity contribution is 5.52. The van der Waals surface area contributed by atoms with Crippen LogP contribution in [-0.4, -0.2) is 21.3 Å². The van der Waals surface area contributed by atoms with Crippen molar-refractivity contribution in [1.29, 1.82) is 0 Å². The van der Waals surface area contributed by atoms with Crippen LogP contribution >= 0.6 is 0 Å². The summed E-state index contributed by atoms with van der Waals surface area (Å²) < 4.78 is 1.35. The number of hydrogen-bond donors (Lipinski definition) is 1. The van der Waals surface area contributed by atoms with Gasteiger partial charge < -0.3 is 5.73 Å². The Morgan fingerprint density at radius 1 is 1.19 bits per heavy atom. The average Bonchev–Trinajstić information content (AvgIpc) is 2.33. The van der Waals surface area contributed by atoms with Crippen LogP contribution < -0.4 is 11.3 Å². The first-order valence-corrected chi connectivity index (χ1v) is 5.01. The van der Waals surface area contributed by atoms with E-state index in [1.807, 2.05) is 18.2 Å². The molecule has 0 amide bonds. The highest BCUT2D eigenvalue weighted by Gasteiger charge is 2.02. The monoisotopic (exact) mass is 216 g/mol. The molecule has 0 fully saturated rings. The minimum Gasteiger partial charge on any atom is -0.329 e. The van der Waals surface area contributed by atoms with E-state index in [0.29, 0.717) is 18.8 Å². The second-order valence-corrected chi connectivity index (χ2v) is 3.28. The van der Waals surface area contributed by atoms with Gasteiger partial charge in [0, 0.05) is 18.8 Å². The summed E-state index contributed by atoms with van der Waals surface area (Å²) in [6.07, 6.45) is 1.69. The molecule has 0 aliphatic heterocycles. The molecule has 2 rings (SSSR count). The molecular formula is C11H12N4O. The number of pyridine rings is 1. The molecule has 0 spiro atoms. The third kappa shape index (κ3) is 2.14. The van der Waals surface area contributed by atoms with E-state index in [2.05, 4.69) is 10.1 Å². The van der Waals surface area contributed by atoms with Gasteiger partial charge in [-0.3, -0.25) is 9.78 Å². The van der Waals surface area contributed by atoms with Crippen molar-refractivity contribution in [3.8, 4) is 11.4 Å². The Kier molecular flexibility index (Phi) is 3.07. The van der Waals surface area contributed by atoms with Gasteiger partial charge in [0.1, 0.15) is 5.69 Å². The van der Waals surface area contributed by atoms with E-state index < -0.39 is 0 Å². The van der Waals surface area contributed by atoms with Crippen molar-refractivity contribution in [2.24, 2.45) is 5.73 Å². The van der Waals surface area contributed by atoms with Gasteiger partial charge in [0.25, 0.3) is 5.56 Å². The molecule has 2 aromatic rings. The van der Waals surface area contributed by atoms with Gasteiger partial charge >= 0.3 is 0 Å². The maximum Gasteiger partial charge on any atom is 0.266 e. The largest absolute Gasteiger partial charge is 0.329 e. The predicted molar refractivity (Wildman–Crippen MR) is 60.8 cm³/mol. The fourth-order valence-electron chi connectivity index (χ4n) is 1.38. The van der Waals surface area contributed by atoms with Gasteiger partial charge in [0.2, 0.25) is 0 Å². The van der Waals surface area contributed by atoms with Crippen molar-refractivity contribution in [2.45, 2.75) is 6.54 Å². The molecule has 0 saturated carbocycles. The summed E-state index contributed by atoms with van der Waals surface area (Å²) in [7, 11) is 0. The van der Waals surface area contributed by atoms with E-state index in [0.717, 1.165) is 5.69 Å². The van der Waals surface area contributed by atoms with Crippen LogP contribution in [0, 0.1) is 0 Å². The van der Waals surface area contributed by atoms with Crippen molar-refractivity contribution in [3.05, 3.63) is 46.9 Å². The molecule has 0 aliphatic rings. The molecule has 0 atom stereocenters. The van der Waals surface area contributed by atoms with Gasteiger partial charge in [0.15, 0.2) is 0 Å². The maximum atomic E-state index is 11.4. The maximum absolute atomic E-state index is 11.4. The first kappa shape index (κ1) is 10.5. The van der Waals surface area contributed by atoms with Crippen molar-refractivity contribution < 1.29 is 0 Å². The van der Waals surface area contributed by atoms with Gasteiger partial charge in [-0.2, -0.15) is 5.10 Å². The van der Waals surface area contributed by atoms with Gasteiger partial charge in [-0.15, -0.1) is 0 Å². The van der Waals surface area contributed by atoms with E-state index in [1.165, 1.54) is 10.7 Å². The second-order valence-electron chi connectivity index (χ2n) is 3.28. The molecule has 2 aromatic heterocycles. The van der Waals surface area contributed by atoms with Crippen LogP contribution in [0.3, 0.4) is 0 Å². The molecule has 0 aliphatic carbocycles. The zero-order valence-electron chi connectivity index (χ0n) is 8.71. The molecule has 0 aromatic carbocycles. The Balaban J connectivity index is 2.44. The van der Waals surface area contributed by atoms with E-state index in [-0.39, 0.29) is 5.56 Å². The van der Waals surface area contributed by atoms with Gasteiger partial charge in [-0.25, -0.2) is 4.68 Å². The van der Waals surface area contributed by atoms with Crippen LogP contribution in [0.2, 0.25) is 0 Å². The van der Waals surface area contributed by atoms with Crippen LogP contribution in [0.25, 0.3) is 11.4 Å². The summed E-state index contributed by atoms with van der Waals surface area (Å²) >= 11 is 0. The number of hydrogen-bond acceptors (Lipinski definition) is 4. The van der Waals surface area contributed by atoms with Gasteiger partial charge in [0.05, 0.1) is 12.2 Å². The predicted octanol–water partition coefficient (Wildman–Crippen LogP) is 0.264. The highest BCUT2D eigenvalue weighted by Crippen LogP contribution is 2.10. The fraction of sp³-hybridized carbons (Fsp3) is 0.182. The van der Waals surface area contributed by atoms with E-state index in [4.69, 9.17) is 5.73 Å². The second kappa shape index (κ2) is 4.67. The lowest BCUT2D eigenvalue weighted by molar-refractivity contribution is 0.590. The summed E-state index contributed by atoms with van der Waals surface area (Å²) in [5.74, 6) is 0. The van der Waals surface area contributed by atoms with Crippen molar-refractivity contribution >= 4 is 0 Å². The minimum atomic E-state index is -0.148. The summed E-state index contributed by atoms with van der Waals surface area (Å²) in [4.78, 5) is 15.6. The summed E-state index contributed by atoms with van der Waals surface area (Å²) in [6, 6.07) is 8.70. The smallest absolute Gasteiger partial charge is 0.266 e. The first-order valence-electron chi connectivity index (χ1n) is 5.01. The molecule has 0 radical (unpaired) electrons. The lowest BCUT2D eigenvalue weighted by Gasteiger charge is -2.04. The third-order valence-corrected chi connectivity index (χ3v) is 2.13. The highest BCUT2D eigenvalue weighted by atomic mass is 16.1. The Morgan fingerprint density at radius 2 is 2.06 bits per heavy atom. The van der Waals surface area contributed by atoms with Crippen LogP contribution in [0.15, 0.2) is 41.3 Å². The molecule has 2 N–H and O–H groups in total. The standard InChI is InChI=1S/C11H12N4O/c12-6-8-15-11(16)5-4-10(14-15)9-3-1-2-7-13-9/h1-5,7H,6,8,12H2. The van der Waals surface area contributed by atoms with E-state index in [9.17, 15) is 4.79 Å². The van der Waals surface area contributed by atoms with Gasteiger partial charge in [-0.05, 0) is 18.2 Å². The average molecular weight is 216 g/mol. The molecule has 0 bridgehead atoms. The molecular weight excluding hydrogens is 204 g/mol. The third-order valence-electron chi connectivity index (χ3n) is 2.13. The molecule has 82 valence electrons. The Hall–Kier alpha value is -2.01. The lowest BCUT2D eigenvalue weighted by atomic mass is 10.2. The Labute approximate surface area is 92.6 Å². The molecule has 0 saturated heterocycles. The summed E-state index contributed by atoms with van der Waals surface area (Å²) in [5, 5.41) is 4.19. The molecule has 16 heavy (non-hydrogen) atoms. The van der Waals surface area contributed by atoms with Crippen LogP contribution in [-0.2, 0) is 6.54 Å². The zero-order chi connectivity index (χ0) is 11.4. The molecule has 0 unspecified atom stereocenters. The number of rotatable bonds is 3. The normalized spacial score (nSPS) is 10.3. The number of nitrogens with zero attached hydrogens (tertiary/aromatic N) is 3. The van der Waals surface area contributed by atoms with Crippen molar-refractivity contribution in [3.63, 3.8) is 0 Å². The van der Waals surface area contributed by atoms with Crippen LogP contribution in [0.4, 0.5) is 0 Å². The molecule has 2 heterocycles. The quantitative estimate of drug-likeness (QED) is 0.798. The van der Waals surface area contributed by atoms with Crippen molar-refractivity contribution in [2.75, 3.05) is 6.54 Å². The number of aromatic nitrogens is 3. The van der Waals surface area contributed by atoms with E-state index >= 15 is 0 Å². The molecule has 5 nitrogen and oxygen atoms in total. The topological polar surface area (TPSA) is 73.8 Å². The first-order chi connectivity index (χ1) is 7.81.